The second kappa shape index (κ2) is 21.8. The van der Waals surface area contributed by atoms with Crippen molar-refractivity contribution < 1.29 is 34.5 Å². The zero-order valence-corrected chi connectivity index (χ0v) is 19.6. The van der Waals surface area contributed by atoms with Crippen molar-refractivity contribution in [2.24, 2.45) is 0 Å². The van der Waals surface area contributed by atoms with E-state index < -0.39 is 14.5 Å². The molecule has 0 amide bonds. The molecule has 2 aromatic carbocycles. The Kier molecular flexibility index (Phi) is 20.9. The maximum Gasteiger partial charge on any atom is 0.673 e. The van der Waals surface area contributed by atoms with Gasteiger partial charge in [0.05, 0.1) is 0 Å². The first-order valence-corrected chi connectivity index (χ1v) is 10.3. The van der Waals surface area contributed by atoms with Gasteiger partial charge in [-0.3, -0.25) is 9.97 Å². The lowest BCUT2D eigenvalue weighted by molar-refractivity contribution is 0.366. The lowest BCUT2D eigenvalue weighted by atomic mass is 10.2. The van der Waals surface area contributed by atoms with Crippen molar-refractivity contribution in [2.75, 3.05) is 0 Å². The third kappa shape index (κ3) is 44.1. The Labute approximate surface area is 206 Å². The first-order valence-electron chi connectivity index (χ1n) is 10.3. The normalized spacial score (nSPS) is 9.39. The molecule has 0 aliphatic rings. The van der Waals surface area contributed by atoms with Crippen molar-refractivity contribution in [3.8, 4) is 0 Å². The molecule has 2 aromatic heterocycles. The van der Waals surface area contributed by atoms with E-state index in [0.29, 0.717) is 0 Å². The average molecular weight is 516 g/mol. The number of nitrogens with zero attached hydrogens (tertiary/aromatic N) is 2. The van der Waals surface area contributed by atoms with Gasteiger partial charge in [-0.15, -0.1) is 0 Å². The third-order valence-corrected chi connectivity index (χ3v) is 3.01. The van der Waals surface area contributed by atoms with E-state index in [9.17, 15) is 34.5 Å². The molecule has 0 aliphatic heterocycles. The molecule has 0 N–H and O–H groups in total. The number of pyridine rings is 2. The van der Waals surface area contributed by atoms with E-state index in [4.69, 9.17) is 0 Å². The maximum absolute atomic E-state index is 9.75. The predicted octanol–water partition coefficient (Wildman–Crippen LogP) is 8.75. The summed E-state index contributed by atoms with van der Waals surface area (Å²) in [6, 6.07) is 32.0. The zero-order chi connectivity index (χ0) is 27.7. The van der Waals surface area contributed by atoms with Crippen LogP contribution in [0, 0.1) is 13.8 Å². The molecule has 0 radical (unpaired) electrons. The van der Waals surface area contributed by atoms with E-state index in [0.717, 1.165) is 0 Å². The monoisotopic (exact) mass is 516 g/mol. The third-order valence-electron chi connectivity index (χ3n) is 3.01. The summed E-state index contributed by atoms with van der Waals surface area (Å²) in [7, 11) is -12.0. The molecular weight excluding hydrogens is 490 g/mol. The van der Waals surface area contributed by atoms with Crippen molar-refractivity contribution in [1.82, 2.24) is 9.97 Å². The summed E-state index contributed by atoms with van der Waals surface area (Å²) in [4.78, 5) is 7.57. The van der Waals surface area contributed by atoms with Crippen LogP contribution in [0.2, 0.25) is 0 Å². The molecule has 2 heterocycles. The number of benzene rings is 2. The van der Waals surface area contributed by atoms with Gasteiger partial charge in [-0.2, -0.15) is 0 Å². The van der Waals surface area contributed by atoms with Crippen LogP contribution in [-0.2, 0) is 0 Å². The molecule has 2 nitrogen and oxygen atoms in total. The van der Waals surface area contributed by atoms with Crippen molar-refractivity contribution in [2.45, 2.75) is 13.8 Å². The number of aryl methyl sites for hydroxylation is 2. The zero-order valence-electron chi connectivity index (χ0n) is 19.6. The smallest absolute Gasteiger partial charge is 0.418 e. The highest BCUT2D eigenvalue weighted by Gasteiger charge is 2.21. The summed E-state index contributed by atoms with van der Waals surface area (Å²) in [5.74, 6) is 0. The Balaban J connectivity index is 0. The summed E-state index contributed by atoms with van der Waals surface area (Å²) in [6.07, 6.45) is 7.00. The maximum atomic E-state index is 9.75. The molecule has 0 bridgehead atoms. The predicted molar refractivity (Wildman–Crippen MR) is 131 cm³/mol. The van der Waals surface area contributed by atoms with Gasteiger partial charge in [0.1, 0.15) is 0 Å². The van der Waals surface area contributed by atoms with Gasteiger partial charge in [0.15, 0.2) is 0 Å². The molecular formula is C24H26B2F8N2-2. The topological polar surface area (TPSA) is 25.8 Å². The number of hydrogen-bond donors (Lipinski definition) is 0. The lowest BCUT2D eigenvalue weighted by Crippen LogP contribution is -2.02. The van der Waals surface area contributed by atoms with Crippen molar-refractivity contribution in [1.29, 1.82) is 0 Å². The summed E-state index contributed by atoms with van der Waals surface area (Å²) in [6.45, 7) is 4.17. The molecule has 0 saturated carbocycles. The summed E-state index contributed by atoms with van der Waals surface area (Å²) in [5.41, 5.74) is 2.64. The van der Waals surface area contributed by atoms with Crippen molar-refractivity contribution in [3.05, 3.63) is 133 Å². The van der Waals surface area contributed by atoms with Crippen molar-refractivity contribution >= 4 is 14.5 Å². The van der Waals surface area contributed by atoms with Crippen LogP contribution in [0.25, 0.3) is 0 Å². The minimum Gasteiger partial charge on any atom is -0.418 e. The lowest BCUT2D eigenvalue weighted by Gasteiger charge is -1.94. The molecule has 4 rings (SSSR count). The van der Waals surface area contributed by atoms with Gasteiger partial charge in [-0.25, -0.2) is 0 Å². The molecule has 0 fully saturated rings. The van der Waals surface area contributed by atoms with Crippen LogP contribution in [0.4, 0.5) is 34.5 Å². The van der Waals surface area contributed by atoms with Gasteiger partial charge < -0.3 is 34.5 Å². The van der Waals surface area contributed by atoms with E-state index in [-0.39, 0.29) is 0 Å². The molecule has 196 valence electrons. The van der Waals surface area contributed by atoms with Gasteiger partial charge in [0.2, 0.25) is 0 Å². The van der Waals surface area contributed by atoms with Gasteiger partial charge in [-0.05, 0) is 38.1 Å². The van der Waals surface area contributed by atoms with E-state index in [1.54, 1.807) is 24.8 Å². The molecule has 0 saturated heterocycles. The van der Waals surface area contributed by atoms with Gasteiger partial charge >= 0.3 is 14.5 Å². The fourth-order valence-corrected chi connectivity index (χ4v) is 1.69. The van der Waals surface area contributed by atoms with Gasteiger partial charge in [-0.1, -0.05) is 83.9 Å². The Bertz CT molecular complexity index is 799. The SMILES string of the molecule is Cc1ccccc1.Cc1ccccc1.F[B-](F)(F)F.F[B-](F)(F)F.c1ccncc1.c1ccncc1. The Morgan fingerprint density at radius 3 is 0.667 bits per heavy atom. The largest absolute Gasteiger partial charge is 0.673 e. The summed E-state index contributed by atoms with van der Waals surface area (Å²) >= 11 is 0. The van der Waals surface area contributed by atoms with E-state index in [1.807, 2.05) is 72.8 Å². The Hall–Kier alpha value is -3.69. The summed E-state index contributed by atoms with van der Waals surface area (Å²) < 4.78 is 78.0. The highest BCUT2D eigenvalue weighted by molar-refractivity contribution is 6.50. The van der Waals surface area contributed by atoms with Gasteiger partial charge in [0, 0.05) is 24.8 Å². The second-order valence-electron chi connectivity index (χ2n) is 6.35. The molecule has 4 aromatic rings. The fraction of sp³-hybridized carbons (Fsp3) is 0.0833. The highest BCUT2D eigenvalue weighted by Crippen LogP contribution is 2.07. The molecule has 0 aliphatic carbocycles. The van der Waals surface area contributed by atoms with E-state index in [2.05, 4.69) is 48.1 Å². The van der Waals surface area contributed by atoms with Crippen LogP contribution >= 0.6 is 0 Å². The Morgan fingerprint density at radius 2 is 0.583 bits per heavy atom. The van der Waals surface area contributed by atoms with Crippen LogP contribution in [0.1, 0.15) is 11.1 Å². The van der Waals surface area contributed by atoms with E-state index >= 15 is 0 Å². The number of halogens is 8. The number of hydrogen-bond acceptors (Lipinski definition) is 2. The number of rotatable bonds is 0. The van der Waals surface area contributed by atoms with Crippen LogP contribution in [0.15, 0.2) is 122 Å². The van der Waals surface area contributed by atoms with Crippen LogP contribution in [0.3, 0.4) is 0 Å². The molecule has 0 spiro atoms. The molecule has 36 heavy (non-hydrogen) atoms. The number of aromatic nitrogens is 2. The van der Waals surface area contributed by atoms with Crippen LogP contribution in [-0.4, -0.2) is 24.5 Å². The fourth-order valence-electron chi connectivity index (χ4n) is 1.69. The first-order chi connectivity index (χ1) is 16.8. The molecule has 0 atom stereocenters. The van der Waals surface area contributed by atoms with Crippen LogP contribution in [0.5, 0.6) is 0 Å². The minimum absolute atomic E-state index is 1.32. The summed E-state index contributed by atoms with van der Waals surface area (Å²) in [5, 5.41) is 0. The van der Waals surface area contributed by atoms with Crippen LogP contribution < -0.4 is 0 Å². The minimum atomic E-state index is -6.00. The first kappa shape index (κ1) is 34.5. The highest BCUT2D eigenvalue weighted by atomic mass is 19.5. The molecule has 12 heteroatoms. The van der Waals surface area contributed by atoms with Crippen molar-refractivity contribution in [3.63, 3.8) is 0 Å². The Morgan fingerprint density at radius 1 is 0.389 bits per heavy atom. The standard InChI is InChI=1S/2C7H8.2C5H5N.2BF4/c2*1-7-5-3-2-4-6-7;2*1-2-4-6-5-3-1;2*2-1(3,4)5/h2*2-6H,1H3;2*1-5H;;/q;;;;2*-1. The molecule has 0 unspecified atom stereocenters. The quantitative estimate of drug-likeness (QED) is 0.173. The van der Waals surface area contributed by atoms with E-state index in [1.165, 1.54) is 11.1 Å². The average Bonchev–Trinajstić information content (AvgIpc) is 2.82. The second-order valence-corrected chi connectivity index (χ2v) is 6.35. The van der Waals surface area contributed by atoms with Gasteiger partial charge in [0.25, 0.3) is 0 Å².